The standard InChI is InChI=1S/C12H13ClFN3O3/c13-9-6-8(2-3-10(9)14)17-12(20)11(19)16-5-1-4-15-7-18/h2-3,6-7H,1,4-5H2,(H,15,18)(H,16,19)(H,17,20). The van der Waals surface area contributed by atoms with Gasteiger partial charge < -0.3 is 16.0 Å². The lowest BCUT2D eigenvalue weighted by molar-refractivity contribution is -0.136. The van der Waals surface area contributed by atoms with Crippen molar-refractivity contribution in [1.29, 1.82) is 0 Å². The van der Waals surface area contributed by atoms with Gasteiger partial charge in [-0.25, -0.2) is 4.39 Å². The number of nitrogens with one attached hydrogen (secondary N) is 3. The van der Waals surface area contributed by atoms with Crippen molar-refractivity contribution in [3.05, 3.63) is 29.0 Å². The van der Waals surface area contributed by atoms with Crippen LogP contribution in [0.3, 0.4) is 0 Å². The summed E-state index contributed by atoms with van der Waals surface area (Å²) in [6.07, 6.45) is 1.05. The van der Waals surface area contributed by atoms with Gasteiger partial charge in [-0.1, -0.05) is 11.6 Å². The zero-order valence-electron chi connectivity index (χ0n) is 10.4. The van der Waals surface area contributed by atoms with Gasteiger partial charge in [0.1, 0.15) is 5.82 Å². The van der Waals surface area contributed by atoms with E-state index in [0.29, 0.717) is 19.4 Å². The molecule has 0 unspecified atom stereocenters. The van der Waals surface area contributed by atoms with Gasteiger partial charge in [0.15, 0.2) is 0 Å². The molecule has 0 aromatic heterocycles. The molecule has 0 saturated heterocycles. The van der Waals surface area contributed by atoms with Crippen LogP contribution in [0.2, 0.25) is 5.02 Å². The molecule has 0 heterocycles. The number of hydrogen-bond acceptors (Lipinski definition) is 3. The first kappa shape index (κ1) is 15.9. The lowest BCUT2D eigenvalue weighted by atomic mass is 10.3. The molecule has 0 aliphatic carbocycles. The minimum atomic E-state index is -0.879. The van der Waals surface area contributed by atoms with E-state index in [-0.39, 0.29) is 17.3 Å². The van der Waals surface area contributed by atoms with Gasteiger partial charge >= 0.3 is 11.8 Å². The van der Waals surface area contributed by atoms with E-state index in [1.807, 2.05) is 0 Å². The Bertz CT molecular complexity index is 511. The summed E-state index contributed by atoms with van der Waals surface area (Å²) in [4.78, 5) is 32.9. The molecule has 6 nitrogen and oxygen atoms in total. The molecule has 3 amide bonds. The number of benzene rings is 1. The Labute approximate surface area is 119 Å². The first-order chi connectivity index (χ1) is 9.54. The third-order valence-electron chi connectivity index (χ3n) is 2.25. The molecule has 3 N–H and O–H groups in total. The van der Waals surface area contributed by atoms with Crippen LogP contribution in [0, 0.1) is 5.82 Å². The van der Waals surface area contributed by atoms with Crippen molar-refractivity contribution in [2.24, 2.45) is 0 Å². The summed E-state index contributed by atoms with van der Waals surface area (Å²) < 4.78 is 12.9. The topological polar surface area (TPSA) is 87.3 Å². The molecule has 0 fully saturated rings. The van der Waals surface area contributed by atoms with Gasteiger partial charge in [-0.3, -0.25) is 14.4 Å². The molecule has 0 saturated carbocycles. The molecule has 0 spiro atoms. The van der Waals surface area contributed by atoms with Crippen molar-refractivity contribution in [2.75, 3.05) is 18.4 Å². The van der Waals surface area contributed by atoms with E-state index in [1.54, 1.807) is 0 Å². The van der Waals surface area contributed by atoms with Crippen molar-refractivity contribution in [2.45, 2.75) is 6.42 Å². The fraction of sp³-hybridized carbons (Fsp3) is 0.250. The first-order valence-electron chi connectivity index (χ1n) is 5.76. The Morgan fingerprint density at radius 2 is 2.00 bits per heavy atom. The van der Waals surface area contributed by atoms with Crippen molar-refractivity contribution >= 4 is 35.5 Å². The summed E-state index contributed by atoms with van der Waals surface area (Å²) in [5.74, 6) is -2.32. The normalized spacial score (nSPS) is 9.70. The average Bonchev–Trinajstić information content (AvgIpc) is 2.42. The fourth-order valence-electron chi connectivity index (χ4n) is 1.29. The highest BCUT2D eigenvalue weighted by molar-refractivity contribution is 6.39. The SMILES string of the molecule is O=CNCCCNC(=O)C(=O)Nc1ccc(F)c(Cl)c1. The Hall–Kier alpha value is -2.15. The lowest BCUT2D eigenvalue weighted by Gasteiger charge is -2.07. The van der Waals surface area contributed by atoms with Gasteiger partial charge in [0.2, 0.25) is 6.41 Å². The van der Waals surface area contributed by atoms with Crippen LogP contribution in [0.1, 0.15) is 6.42 Å². The highest BCUT2D eigenvalue weighted by Crippen LogP contribution is 2.19. The second-order valence-electron chi connectivity index (χ2n) is 3.76. The molecule has 0 bridgehead atoms. The zero-order valence-corrected chi connectivity index (χ0v) is 11.2. The van der Waals surface area contributed by atoms with E-state index < -0.39 is 17.6 Å². The van der Waals surface area contributed by atoms with E-state index in [9.17, 15) is 18.8 Å². The largest absolute Gasteiger partial charge is 0.359 e. The van der Waals surface area contributed by atoms with E-state index >= 15 is 0 Å². The van der Waals surface area contributed by atoms with E-state index in [0.717, 1.165) is 6.07 Å². The number of halogens is 2. The summed E-state index contributed by atoms with van der Waals surface area (Å²) in [7, 11) is 0. The van der Waals surface area contributed by atoms with Crippen LogP contribution < -0.4 is 16.0 Å². The molecule has 0 aliphatic heterocycles. The van der Waals surface area contributed by atoms with Gasteiger partial charge in [-0.05, 0) is 24.6 Å². The third kappa shape index (κ3) is 5.23. The van der Waals surface area contributed by atoms with Crippen LogP contribution in [0.25, 0.3) is 0 Å². The second-order valence-corrected chi connectivity index (χ2v) is 4.17. The van der Waals surface area contributed by atoms with Gasteiger partial charge in [-0.15, -0.1) is 0 Å². The average molecular weight is 302 g/mol. The van der Waals surface area contributed by atoms with Crippen LogP contribution in [0.15, 0.2) is 18.2 Å². The second kappa shape index (κ2) is 8.11. The van der Waals surface area contributed by atoms with Crippen molar-refractivity contribution in [3.63, 3.8) is 0 Å². The summed E-state index contributed by atoms with van der Waals surface area (Å²) in [6.45, 7) is 0.649. The molecular weight excluding hydrogens is 289 g/mol. The predicted octanol–water partition coefficient (Wildman–Crippen LogP) is 0.670. The Balaban J connectivity index is 2.39. The highest BCUT2D eigenvalue weighted by atomic mass is 35.5. The highest BCUT2D eigenvalue weighted by Gasteiger charge is 2.13. The summed E-state index contributed by atoms with van der Waals surface area (Å²) >= 11 is 5.55. The van der Waals surface area contributed by atoms with Crippen LogP contribution in [-0.4, -0.2) is 31.3 Å². The first-order valence-corrected chi connectivity index (χ1v) is 6.13. The van der Waals surface area contributed by atoms with Crippen LogP contribution in [0.4, 0.5) is 10.1 Å². The summed E-state index contributed by atoms with van der Waals surface area (Å²) in [5.41, 5.74) is 0.221. The Morgan fingerprint density at radius 3 is 2.65 bits per heavy atom. The fourth-order valence-corrected chi connectivity index (χ4v) is 1.47. The summed E-state index contributed by atoms with van der Waals surface area (Å²) in [6, 6.07) is 3.58. The van der Waals surface area contributed by atoms with Gasteiger partial charge in [-0.2, -0.15) is 0 Å². The molecule has 0 aliphatic rings. The number of anilines is 1. The van der Waals surface area contributed by atoms with Crippen molar-refractivity contribution in [1.82, 2.24) is 10.6 Å². The van der Waals surface area contributed by atoms with Gasteiger partial charge in [0, 0.05) is 18.8 Å². The molecule has 8 heteroatoms. The quantitative estimate of drug-likeness (QED) is 0.410. The predicted molar refractivity (Wildman–Crippen MR) is 71.7 cm³/mol. The number of carbonyl (C=O) groups excluding carboxylic acids is 3. The Morgan fingerprint density at radius 1 is 1.25 bits per heavy atom. The van der Waals surface area contributed by atoms with E-state index in [1.165, 1.54) is 12.1 Å². The monoisotopic (exact) mass is 301 g/mol. The molecule has 1 rings (SSSR count). The molecule has 0 atom stereocenters. The third-order valence-corrected chi connectivity index (χ3v) is 2.54. The molecule has 1 aromatic rings. The molecule has 0 radical (unpaired) electrons. The minimum absolute atomic E-state index is 0.150. The van der Waals surface area contributed by atoms with Crippen LogP contribution >= 0.6 is 11.6 Å². The van der Waals surface area contributed by atoms with E-state index in [4.69, 9.17) is 11.6 Å². The maximum atomic E-state index is 12.9. The molecule has 108 valence electrons. The van der Waals surface area contributed by atoms with Crippen molar-refractivity contribution in [3.8, 4) is 0 Å². The molecule has 1 aromatic carbocycles. The maximum absolute atomic E-state index is 12.9. The number of rotatable bonds is 6. The van der Waals surface area contributed by atoms with Crippen LogP contribution in [0.5, 0.6) is 0 Å². The van der Waals surface area contributed by atoms with Crippen molar-refractivity contribution < 1.29 is 18.8 Å². The number of amides is 3. The van der Waals surface area contributed by atoms with E-state index in [2.05, 4.69) is 16.0 Å². The van der Waals surface area contributed by atoms with Gasteiger partial charge in [0.25, 0.3) is 0 Å². The Kier molecular flexibility index (Phi) is 6.45. The molecular formula is C12H13ClFN3O3. The molecule has 20 heavy (non-hydrogen) atoms. The number of hydrogen-bond donors (Lipinski definition) is 3. The van der Waals surface area contributed by atoms with Crippen LogP contribution in [-0.2, 0) is 14.4 Å². The number of carbonyl (C=O) groups is 3. The summed E-state index contributed by atoms with van der Waals surface area (Å²) in [5, 5.41) is 6.93. The maximum Gasteiger partial charge on any atom is 0.313 e. The smallest absolute Gasteiger partial charge is 0.313 e. The minimum Gasteiger partial charge on any atom is -0.359 e. The lowest BCUT2D eigenvalue weighted by Crippen LogP contribution is -2.36. The zero-order chi connectivity index (χ0) is 15.0. The van der Waals surface area contributed by atoms with Gasteiger partial charge in [0.05, 0.1) is 5.02 Å².